The minimum atomic E-state index is -0.744. The highest BCUT2D eigenvalue weighted by Gasteiger charge is 2.53. The third-order valence-electron chi connectivity index (χ3n) is 5.09. The summed E-state index contributed by atoms with van der Waals surface area (Å²) < 4.78 is 0. The molecule has 1 saturated heterocycles. The average Bonchev–Trinajstić information content (AvgIpc) is 2.63. The van der Waals surface area contributed by atoms with E-state index in [1.54, 1.807) is 17.0 Å². The van der Waals surface area contributed by atoms with Crippen molar-refractivity contribution in [3.8, 4) is 0 Å². The summed E-state index contributed by atoms with van der Waals surface area (Å²) in [6.07, 6.45) is 1.20. The minimum absolute atomic E-state index is 0.180. The van der Waals surface area contributed by atoms with Gasteiger partial charge < -0.3 is 4.90 Å². The molecule has 6 nitrogen and oxygen atoms in total. The molecule has 2 aliphatic heterocycles. The van der Waals surface area contributed by atoms with Gasteiger partial charge in [0.15, 0.2) is 0 Å². The van der Waals surface area contributed by atoms with Gasteiger partial charge in [0.1, 0.15) is 24.6 Å². The lowest BCUT2D eigenvalue weighted by Crippen LogP contribution is -2.67. The number of urea groups is 1. The molecule has 2 aliphatic rings. The number of halogens is 2. The number of amidine groups is 1. The zero-order valence-corrected chi connectivity index (χ0v) is 15.9. The fourth-order valence-corrected chi connectivity index (χ4v) is 3.77. The van der Waals surface area contributed by atoms with Crippen LogP contribution in [0.1, 0.15) is 26.7 Å². The molecular weight excluding hydrogens is 363 g/mol. The summed E-state index contributed by atoms with van der Waals surface area (Å²) in [6, 6.07) is 4.95. The van der Waals surface area contributed by atoms with Gasteiger partial charge in [-0.25, -0.2) is 9.79 Å². The Morgan fingerprint density at radius 1 is 1.16 bits per heavy atom. The van der Waals surface area contributed by atoms with Gasteiger partial charge in [0, 0.05) is 12.7 Å². The van der Waals surface area contributed by atoms with Gasteiger partial charge in [-0.3, -0.25) is 14.6 Å². The summed E-state index contributed by atoms with van der Waals surface area (Å²) in [5.74, 6) is 0.391. The van der Waals surface area contributed by atoms with Crippen molar-refractivity contribution in [3.63, 3.8) is 0 Å². The molecule has 1 aromatic carbocycles. The number of amides is 3. The Bertz CT molecular complexity index is 761. The van der Waals surface area contributed by atoms with Crippen molar-refractivity contribution in [2.45, 2.75) is 26.7 Å². The van der Waals surface area contributed by atoms with Crippen molar-refractivity contribution < 1.29 is 9.59 Å². The highest BCUT2D eigenvalue weighted by atomic mass is 35.5. The van der Waals surface area contributed by atoms with Crippen LogP contribution in [-0.2, 0) is 4.79 Å². The van der Waals surface area contributed by atoms with Gasteiger partial charge in [0.05, 0.1) is 10.0 Å². The van der Waals surface area contributed by atoms with Crippen LogP contribution in [0.3, 0.4) is 0 Å². The molecular formula is C17H20Cl2N4O2. The van der Waals surface area contributed by atoms with Gasteiger partial charge in [-0.2, -0.15) is 0 Å². The van der Waals surface area contributed by atoms with Crippen LogP contribution < -0.4 is 4.90 Å². The molecule has 2 heterocycles. The summed E-state index contributed by atoms with van der Waals surface area (Å²) in [5, 5.41) is 0.921. The van der Waals surface area contributed by atoms with E-state index in [1.807, 2.05) is 24.8 Å². The van der Waals surface area contributed by atoms with Gasteiger partial charge in [-0.15, -0.1) is 0 Å². The summed E-state index contributed by atoms with van der Waals surface area (Å²) >= 11 is 12.1. The van der Waals surface area contributed by atoms with Crippen molar-refractivity contribution in [2.75, 3.05) is 25.3 Å². The second-order valence-corrected chi connectivity index (χ2v) is 7.08. The van der Waals surface area contributed by atoms with Crippen molar-refractivity contribution >= 4 is 46.7 Å². The molecule has 0 aromatic heterocycles. The SMILES string of the molecule is CCC1(CC)C(=O)N(C)C(=O)N2CN(c3ccc(Cl)c(Cl)c3)CN=C21. The van der Waals surface area contributed by atoms with Gasteiger partial charge in [-0.05, 0) is 31.0 Å². The highest BCUT2D eigenvalue weighted by Crippen LogP contribution is 2.38. The van der Waals surface area contributed by atoms with Crippen LogP contribution in [-0.4, -0.2) is 48.0 Å². The fraction of sp³-hybridized carbons (Fsp3) is 0.471. The van der Waals surface area contributed by atoms with E-state index >= 15 is 0 Å². The number of hydrogen-bond donors (Lipinski definition) is 0. The topological polar surface area (TPSA) is 56.2 Å². The van der Waals surface area contributed by atoms with Crippen molar-refractivity contribution in [1.29, 1.82) is 0 Å². The van der Waals surface area contributed by atoms with E-state index < -0.39 is 5.41 Å². The molecule has 134 valence electrons. The van der Waals surface area contributed by atoms with Gasteiger partial charge in [0.2, 0.25) is 5.91 Å². The van der Waals surface area contributed by atoms with E-state index in [4.69, 9.17) is 23.2 Å². The monoisotopic (exact) mass is 382 g/mol. The molecule has 0 saturated carbocycles. The molecule has 0 radical (unpaired) electrons. The maximum absolute atomic E-state index is 12.8. The van der Waals surface area contributed by atoms with E-state index in [1.165, 1.54) is 11.9 Å². The molecule has 0 aliphatic carbocycles. The van der Waals surface area contributed by atoms with E-state index in [2.05, 4.69) is 4.99 Å². The Morgan fingerprint density at radius 3 is 2.44 bits per heavy atom. The number of carbonyl (C=O) groups is 2. The molecule has 0 unspecified atom stereocenters. The van der Waals surface area contributed by atoms with Crippen LogP contribution in [0, 0.1) is 5.41 Å². The molecule has 25 heavy (non-hydrogen) atoms. The Balaban J connectivity index is 2.01. The smallest absolute Gasteiger partial charge is 0.333 e. The lowest BCUT2D eigenvalue weighted by atomic mass is 9.77. The molecule has 8 heteroatoms. The first-order valence-corrected chi connectivity index (χ1v) is 8.96. The lowest BCUT2D eigenvalue weighted by Gasteiger charge is -2.48. The first kappa shape index (κ1) is 18.0. The van der Waals surface area contributed by atoms with E-state index in [-0.39, 0.29) is 11.9 Å². The lowest BCUT2D eigenvalue weighted by molar-refractivity contribution is -0.136. The second kappa shape index (κ2) is 6.50. The summed E-state index contributed by atoms with van der Waals surface area (Å²) in [6.45, 7) is 4.58. The van der Waals surface area contributed by atoms with Crippen molar-refractivity contribution in [3.05, 3.63) is 28.2 Å². The maximum atomic E-state index is 12.8. The Morgan fingerprint density at radius 2 is 1.84 bits per heavy atom. The average molecular weight is 383 g/mol. The summed E-state index contributed by atoms with van der Waals surface area (Å²) in [7, 11) is 1.53. The Hall–Kier alpha value is -1.79. The summed E-state index contributed by atoms with van der Waals surface area (Å²) in [4.78, 5) is 34.7. The number of anilines is 1. The number of fused-ring (bicyclic) bond motifs is 1. The number of imide groups is 1. The number of hydrogen-bond acceptors (Lipinski definition) is 4. The molecule has 0 atom stereocenters. The number of carbonyl (C=O) groups excluding carboxylic acids is 2. The van der Waals surface area contributed by atoms with E-state index in [9.17, 15) is 9.59 Å². The predicted molar refractivity (Wildman–Crippen MR) is 99.1 cm³/mol. The van der Waals surface area contributed by atoms with Crippen LogP contribution in [0.2, 0.25) is 10.0 Å². The first-order valence-electron chi connectivity index (χ1n) is 8.20. The van der Waals surface area contributed by atoms with Crippen LogP contribution in [0.25, 0.3) is 0 Å². The van der Waals surface area contributed by atoms with Crippen LogP contribution in [0.4, 0.5) is 10.5 Å². The fourth-order valence-electron chi connectivity index (χ4n) is 3.48. The molecule has 3 rings (SSSR count). The molecule has 1 aromatic rings. The maximum Gasteiger partial charge on any atom is 0.333 e. The molecule has 3 amide bonds. The van der Waals surface area contributed by atoms with Gasteiger partial charge >= 0.3 is 6.03 Å². The highest BCUT2D eigenvalue weighted by molar-refractivity contribution is 6.42. The van der Waals surface area contributed by atoms with Crippen LogP contribution in [0.15, 0.2) is 23.2 Å². The van der Waals surface area contributed by atoms with Gasteiger partial charge in [-0.1, -0.05) is 37.0 Å². The third-order valence-corrected chi connectivity index (χ3v) is 5.83. The number of benzene rings is 1. The molecule has 1 fully saturated rings. The molecule has 0 spiro atoms. The Labute approximate surface area is 157 Å². The van der Waals surface area contributed by atoms with E-state index in [0.29, 0.717) is 42.1 Å². The van der Waals surface area contributed by atoms with Crippen LogP contribution in [0.5, 0.6) is 0 Å². The normalized spacial score (nSPS) is 19.9. The zero-order valence-electron chi connectivity index (χ0n) is 14.4. The van der Waals surface area contributed by atoms with E-state index in [0.717, 1.165) is 5.69 Å². The van der Waals surface area contributed by atoms with Crippen LogP contribution >= 0.6 is 23.2 Å². The second-order valence-electron chi connectivity index (χ2n) is 6.27. The van der Waals surface area contributed by atoms with Gasteiger partial charge in [0.25, 0.3) is 0 Å². The number of nitrogens with zero attached hydrogens (tertiary/aromatic N) is 4. The number of aliphatic imine (C=N–C) groups is 1. The number of rotatable bonds is 3. The standard InChI is InChI=1S/C17H20Cl2N4O2/c1-4-17(5-2)14-20-9-22(11-6-7-12(18)13(19)8-11)10-23(14)16(25)21(3)15(17)24/h6-8H,4-5,9-10H2,1-3H3. The Kier molecular flexibility index (Phi) is 4.68. The quantitative estimate of drug-likeness (QED) is 0.797. The van der Waals surface area contributed by atoms with Crippen molar-refractivity contribution in [1.82, 2.24) is 9.80 Å². The third kappa shape index (κ3) is 2.68. The predicted octanol–water partition coefficient (Wildman–Crippen LogP) is 3.83. The molecule has 0 N–H and O–H groups in total. The zero-order chi connectivity index (χ0) is 18.4. The molecule has 0 bridgehead atoms. The first-order chi connectivity index (χ1) is 11.9. The minimum Gasteiger partial charge on any atom is -0.334 e. The van der Waals surface area contributed by atoms with Crippen molar-refractivity contribution in [2.24, 2.45) is 10.4 Å². The summed E-state index contributed by atoms with van der Waals surface area (Å²) in [5.41, 5.74) is 0.0787. The largest absolute Gasteiger partial charge is 0.334 e.